The summed E-state index contributed by atoms with van der Waals surface area (Å²) in [5.41, 5.74) is 1.50. The largest absolute Gasteiger partial charge is 0.342 e. The second kappa shape index (κ2) is 6.99. The Labute approximate surface area is 158 Å². The number of rotatable bonds is 3. The minimum Gasteiger partial charge on any atom is -0.342 e. The van der Waals surface area contributed by atoms with Crippen molar-refractivity contribution in [3.8, 4) is 0 Å². The van der Waals surface area contributed by atoms with Crippen LogP contribution in [0.3, 0.4) is 0 Å². The molecule has 0 aliphatic rings. The summed E-state index contributed by atoms with van der Waals surface area (Å²) in [6.45, 7) is 7.32. The van der Waals surface area contributed by atoms with Crippen LogP contribution < -0.4 is 0 Å². The van der Waals surface area contributed by atoms with Crippen LogP contribution in [-0.2, 0) is 11.3 Å². The number of nitrogens with zero attached hydrogens (tertiary/aromatic N) is 2. The molecule has 0 radical (unpaired) electrons. The molecule has 0 atom stereocenters. The predicted octanol–water partition coefficient (Wildman–Crippen LogP) is 4.62. The van der Waals surface area contributed by atoms with E-state index in [9.17, 15) is 14.0 Å². The Morgan fingerprint density at radius 2 is 1.78 bits per heavy atom. The first kappa shape index (κ1) is 18.8. The number of carbonyl (C=O) groups excluding carboxylic acids is 2. The first-order valence-electron chi connectivity index (χ1n) is 8.86. The van der Waals surface area contributed by atoms with Crippen LogP contribution in [-0.4, -0.2) is 26.8 Å². The molecule has 0 aliphatic carbocycles. The molecule has 2 aromatic carbocycles. The lowest BCUT2D eigenvalue weighted by atomic mass is 10.0. The van der Waals surface area contributed by atoms with E-state index in [2.05, 4.69) is 0 Å². The number of para-hydroxylation sites is 1. The van der Waals surface area contributed by atoms with Crippen molar-refractivity contribution in [1.82, 2.24) is 9.47 Å². The molecule has 0 spiro atoms. The molecule has 0 N–H and O–H groups in total. The van der Waals surface area contributed by atoms with Gasteiger partial charge in [-0.05, 0) is 44.5 Å². The van der Waals surface area contributed by atoms with Gasteiger partial charge < -0.3 is 4.57 Å². The summed E-state index contributed by atoms with van der Waals surface area (Å²) in [6.07, 6.45) is 1.75. The quantitative estimate of drug-likeness (QED) is 0.679. The highest BCUT2D eigenvalue weighted by Gasteiger charge is 2.32. The molecule has 0 saturated heterocycles. The second-order valence-electron chi connectivity index (χ2n) is 7.65. The van der Waals surface area contributed by atoms with Gasteiger partial charge in [-0.25, -0.2) is 4.39 Å². The molecule has 2 amide bonds. The van der Waals surface area contributed by atoms with Gasteiger partial charge in [0.1, 0.15) is 5.82 Å². The Morgan fingerprint density at radius 1 is 1.07 bits per heavy atom. The van der Waals surface area contributed by atoms with Crippen molar-refractivity contribution in [2.45, 2.75) is 39.8 Å². The molecule has 0 bridgehead atoms. The van der Waals surface area contributed by atoms with E-state index in [-0.39, 0.29) is 17.6 Å². The fraction of sp³-hybridized carbons (Fsp3) is 0.273. The predicted molar refractivity (Wildman–Crippen MR) is 104 cm³/mol. The first-order chi connectivity index (χ1) is 12.7. The van der Waals surface area contributed by atoms with Crippen molar-refractivity contribution in [3.63, 3.8) is 0 Å². The third-order valence-electron chi connectivity index (χ3n) is 4.45. The molecule has 27 heavy (non-hydrogen) atoms. The summed E-state index contributed by atoms with van der Waals surface area (Å²) in [7, 11) is 0. The Hall–Kier alpha value is -2.95. The summed E-state index contributed by atoms with van der Waals surface area (Å²) in [5.74, 6) is -0.922. The van der Waals surface area contributed by atoms with Gasteiger partial charge in [-0.2, -0.15) is 0 Å². The molecule has 4 nitrogen and oxygen atoms in total. The van der Waals surface area contributed by atoms with Crippen molar-refractivity contribution in [1.29, 1.82) is 0 Å². The van der Waals surface area contributed by atoms with Crippen molar-refractivity contribution < 1.29 is 14.0 Å². The lowest BCUT2D eigenvalue weighted by Crippen LogP contribution is -2.48. The van der Waals surface area contributed by atoms with E-state index in [1.807, 2.05) is 55.7 Å². The van der Waals surface area contributed by atoms with Crippen LogP contribution in [0.2, 0.25) is 0 Å². The summed E-state index contributed by atoms with van der Waals surface area (Å²) in [5, 5.41) is 0.773. The molecule has 140 valence electrons. The van der Waals surface area contributed by atoms with E-state index >= 15 is 0 Å². The van der Waals surface area contributed by atoms with Gasteiger partial charge in [-0.15, -0.1) is 0 Å². The first-order valence-corrected chi connectivity index (χ1v) is 8.86. The van der Waals surface area contributed by atoms with Crippen LogP contribution in [0, 0.1) is 5.82 Å². The molecule has 0 unspecified atom stereocenters. The van der Waals surface area contributed by atoms with Gasteiger partial charge in [0.2, 0.25) is 5.91 Å². The maximum atomic E-state index is 13.5. The highest BCUT2D eigenvalue weighted by atomic mass is 19.1. The minimum atomic E-state index is -0.630. The Kier molecular flexibility index (Phi) is 4.87. The fourth-order valence-corrected chi connectivity index (χ4v) is 3.42. The van der Waals surface area contributed by atoms with Gasteiger partial charge >= 0.3 is 0 Å². The molecular formula is C22H23FN2O2. The lowest BCUT2D eigenvalue weighted by Gasteiger charge is -2.32. The van der Waals surface area contributed by atoms with Crippen LogP contribution in [0.5, 0.6) is 0 Å². The van der Waals surface area contributed by atoms with Crippen LogP contribution in [0.25, 0.3) is 10.9 Å². The summed E-state index contributed by atoms with van der Waals surface area (Å²) < 4.78 is 15.5. The zero-order valence-electron chi connectivity index (χ0n) is 16.0. The molecule has 0 aliphatic heterocycles. The van der Waals surface area contributed by atoms with Gasteiger partial charge in [0, 0.05) is 36.1 Å². The maximum absolute atomic E-state index is 13.5. The van der Waals surface area contributed by atoms with E-state index in [0.29, 0.717) is 12.1 Å². The Balaban J connectivity index is 2.09. The van der Waals surface area contributed by atoms with Gasteiger partial charge in [-0.1, -0.05) is 30.3 Å². The number of amides is 2. The number of fused-ring (bicyclic) bond motifs is 1. The third-order valence-corrected chi connectivity index (χ3v) is 4.45. The fourth-order valence-electron chi connectivity index (χ4n) is 3.42. The molecule has 3 rings (SSSR count). The van der Waals surface area contributed by atoms with Crippen LogP contribution >= 0.6 is 0 Å². The van der Waals surface area contributed by atoms with Crippen LogP contribution in [0.4, 0.5) is 4.39 Å². The van der Waals surface area contributed by atoms with E-state index in [0.717, 1.165) is 16.5 Å². The summed E-state index contributed by atoms with van der Waals surface area (Å²) in [4.78, 5) is 26.6. The van der Waals surface area contributed by atoms with Gasteiger partial charge in [0.15, 0.2) is 0 Å². The van der Waals surface area contributed by atoms with Crippen LogP contribution in [0.15, 0.2) is 54.7 Å². The number of halogens is 1. The zero-order valence-corrected chi connectivity index (χ0v) is 16.0. The number of imide groups is 1. The number of benzene rings is 2. The SMILES string of the molecule is CC(=O)N(C(=O)c1cn(Cc2cccc(F)c2)c2ccccc12)C(C)(C)C. The number of hydrogen-bond acceptors (Lipinski definition) is 2. The van der Waals surface area contributed by atoms with Crippen molar-refractivity contribution >= 4 is 22.7 Å². The van der Waals surface area contributed by atoms with Gasteiger partial charge in [0.25, 0.3) is 5.91 Å². The molecule has 1 heterocycles. The standard InChI is InChI=1S/C22H23FN2O2/c1-15(26)25(22(2,3)4)21(27)19-14-24(20-11-6-5-10-18(19)20)13-16-8-7-9-17(23)12-16/h5-12,14H,13H2,1-4H3. The Bertz CT molecular complexity index is 1010. The second-order valence-corrected chi connectivity index (χ2v) is 7.65. The van der Waals surface area contributed by atoms with E-state index in [1.54, 1.807) is 12.3 Å². The van der Waals surface area contributed by atoms with Crippen molar-refractivity contribution in [3.05, 3.63) is 71.7 Å². The zero-order chi connectivity index (χ0) is 19.8. The number of aromatic nitrogens is 1. The van der Waals surface area contributed by atoms with E-state index in [4.69, 9.17) is 0 Å². The molecule has 0 saturated carbocycles. The van der Waals surface area contributed by atoms with E-state index in [1.165, 1.54) is 24.0 Å². The monoisotopic (exact) mass is 366 g/mol. The molecule has 0 fully saturated rings. The molecule has 5 heteroatoms. The van der Waals surface area contributed by atoms with Gasteiger partial charge in [0.05, 0.1) is 5.56 Å². The lowest BCUT2D eigenvalue weighted by molar-refractivity contribution is -0.129. The average Bonchev–Trinajstić information content (AvgIpc) is 2.92. The molecular weight excluding hydrogens is 343 g/mol. The molecule has 1 aromatic heterocycles. The number of hydrogen-bond donors (Lipinski definition) is 0. The average molecular weight is 366 g/mol. The van der Waals surface area contributed by atoms with Crippen molar-refractivity contribution in [2.75, 3.05) is 0 Å². The summed E-state index contributed by atoms with van der Waals surface area (Å²) in [6, 6.07) is 13.9. The highest BCUT2D eigenvalue weighted by Crippen LogP contribution is 2.26. The van der Waals surface area contributed by atoms with E-state index < -0.39 is 5.54 Å². The van der Waals surface area contributed by atoms with Crippen molar-refractivity contribution in [2.24, 2.45) is 0 Å². The maximum Gasteiger partial charge on any atom is 0.263 e. The summed E-state index contributed by atoms with van der Waals surface area (Å²) >= 11 is 0. The topological polar surface area (TPSA) is 42.3 Å². The number of carbonyl (C=O) groups is 2. The minimum absolute atomic E-state index is 0.296. The van der Waals surface area contributed by atoms with Gasteiger partial charge in [-0.3, -0.25) is 14.5 Å². The highest BCUT2D eigenvalue weighted by molar-refractivity contribution is 6.12. The van der Waals surface area contributed by atoms with Crippen LogP contribution in [0.1, 0.15) is 43.6 Å². The third kappa shape index (κ3) is 3.77. The normalized spacial score (nSPS) is 11.6. The molecule has 3 aromatic rings. The smallest absolute Gasteiger partial charge is 0.263 e. The Morgan fingerprint density at radius 3 is 2.41 bits per heavy atom.